The summed E-state index contributed by atoms with van der Waals surface area (Å²) in [5, 5.41) is 7.47. The zero-order chi connectivity index (χ0) is 13.7. The van der Waals surface area contributed by atoms with Crippen molar-refractivity contribution in [1.29, 1.82) is 0 Å². The lowest BCUT2D eigenvalue weighted by Crippen LogP contribution is -2.13. The summed E-state index contributed by atoms with van der Waals surface area (Å²) in [5.74, 6) is 0.170. The van der Waals surface area contributed by atoms with Crippen molar-refractivity contribution in [1.82, 2.24) is 15.1 Å². The van der Waals surface area contributed by atoms with E-state index < -0.39 is 6.61 Å². The van der Waals surface area contributed by atoms with E-state index in [1.54, 1.807) is 16.8 Å². The van der Waals surface area contributed by atoms with Crippen LogP contribution in [-0.2, 0) is 20.1 Å². The fourth-order valence-electron chi connectivity index (χ4n) is 1.68. The van der Waals surface area contributed by atoms with Gasteiger partial charge in [-0.15, -0.1) is 0 Å². The number of ether oxygens (including phenoxy) is 1. The molecule has 0 radical (unpaired) electrons. The van der Waals surface area contributed by atoms with Crippen LogP contribution in [0.5, 0.6) is 5.75 Å². The molecule has 0 aliphatic carbocycles. The van der Waals surface area contributed by atoms with Gasteiger partial charge in [-0.3, -0.25) is 4.68 Å². The van der Waals surface area contributed by atoms with E-state index in [-0.39, 0.29) is 5.75 Å². The predicted molar refractivity (Wildman–Crippen MR) is 66.8 cm³/mol. The maximum absolute atomic E-state index is 12.0. The summed E-state index contributed by atoms with van der Waals surface area (Å²) >= 11 is 0. The van der Waals surface area contributed by atoms with Gasteiger partial charge >= 0.3 is 6.61 Å². The normalized spacial score (nSPS) is 10.9. The van der Waals surface area contributed by atoms with Crippen molar-refractivity contribution in [2.75, 3.05) is 0 Å². The van der Waals surface area contributed by atoms with Gasteiger partial charge in [0.1, 0.15) is 5.75 Å². The molecular formula is C13H15F2N3O. The fourth-order valence-corrected chi connectivity index (χ4v) is 1.68. The average molecular weight is 267 g/mol. The maximum atomic E-state index is 12.0. The molecule has 4 nitrogen and oxygen atoms in total. The highest BCUT2D eigenvalue weighted by molar-refractivity contribution is 5.27. The van der Waals surface area contributed by atoms with Crippen molar-refractivity contribution >= 4 is 0 Å². The van der Waals surface area contributed by atoms with Crippen LogP contribution in [0.3, 0.4) is 0 Å². The van der Waals surface area contributed by atoms with Crippen molar-refractivity contribution in [3.8, 4) is 5.75 Å². The second-order valence-electron chi connectivity index (χ2n) is 4.11. The van der Waals surface area contributed by atoms with E-state index in [1.807, 2.05) is 19.3 Å². The third-order valence-corrected chi connectivity index (χ3v) is 2.55. The third kappa shape index (κ3) is 4.33. The highest BCUT2D eigenvalue weighted by atomic mass is 19.3. The smallest absolute Gasteiger partial charge is 0.387 e. The summed E-state index contributed by atoms with van der Waals surface area (Å²) < 4.78 is 30.0. The summed E-state index contributed by atoms with van der Waals surface area (Å²) in [6.45, 7) is -1.48. The molecule has 1 aromatic heterocycles. The third-order valence-electron chi connectivity index (χ3n) is 2.55. The summed E-state index contributed by atoms with van der Waals surface area (Å²) in [5.41, 5.74) is 1.96. The fraction of sp³-hybridized carbons (Fsp3) is 0.308. The lowest BCUT2D eigenvalue weighted by atomic mass is 10.2. The van der Waals surface area contributed by atoms with E-state index in [1.165, 1.54) is 12.1 Å². The number of hydrogen-bond acceptors (Lipinski definition) is 3. The molecule has 19 heavy (non-hydrogen) atoms. The van der Waals surface area contributed by atoms with Gasteiger partial charge in [-0.25, -0.2) is 0 Å². The van der Waals surface area contributed by atoms with Crippen molar-refractivity contribution in [2.45, 2.75) is 19.7 Å². The van der Waals surface area contributed by atoms with Gasteiger partial charge in [0.2, 0.25) is 0 Å². The minimum absolute atomic E-state index is 0.170. The maximum Gasteiger partial charge on any atom is 0.387 e. The van der Waals surface area contributed by atoms with Crippen LogP contribution in [0.25, 0.3) is 0 Å². The topological polar surface area (TPSA) is 39.1 Å². The molecule has 0 atom stereocenters. The zero-order valence-corrected chi connectivity index (χ0v) is 10.5. The van der Waals surface area contributed by atoms with Crippen LogP contribution < -0.4 is 10.1 Å². The minimum Gasteiger partial charge on any atom is -0.435 e. The second kappa shape index (κ2) is 6.29. The molecule has 1 N–H and O–H groups in total. The Kier molecular flexibility index (Phi) is 4.46. The van der Waals surface area contributed by atoms with Gasteiger partial charge in [-0.1, -0.05) is 12.1 Å². The lowest BCUT2D eigenvalue weighted by Gasteiger charge is -2.06. The standard InChI is InChI=1S/C13H15F2N3O/c1-18-7-6-11(17-18)9-16-8-10-2-4-12(5-3-10)19-13(14)15/h2-7,13,16H,8-9H2,1H3. The van der Waals surface area contributed by atoms with E-state index in [9.17, 15) is 8.78 Å². The van der Waals surface area contributed by atoms with Crippen LogP contribution in [0.4, 0.5) is 8.78 Å². The first kappa shape index (κ1) is 13.5. The first-order chi connectivity index (χ1) is 9.13. The number of nitrogens with zero attached hydrogens (tertiary/aromatic N) is 2. The van der Waals surface area contributed by atoms with Gasteiger partial charge < -0.3 is 10.1 Å². The first-order valence-corrected chi connectivity index (χ1v) is 5.86. The van der Waals surface area contributed by atoms with Crippen molar-refractivity contribution in [3.63, 3.8) is 0 Å². The Morgan fingerprint density at radius 2 is 1.95 bits per heavy atom. The van der Waals surface area contributed by atoms with E-state index in [0.717, 1.165) is 11.3 Å². The monoisotopic (exact) mass is 267 g/mol. The number of nitrogens with one attached hydrogen (secondary N) is 1. The Balaban J connectivity index is 1.79. The SMILES string of the molecule is Cn1ccc(CNCc2ccc(OC(F)F)cc2)n1. The number of aromatic nitrogens is 2. The highest BCUT2D eigenvalue weighted by Gasteiger charge is 2.03. The van der Waals surface area contributed by atoms with E-state index in [2.05, 4.69) is 15.2 Å². The Labute approximate surface area is 110 Å². The number of aryl methyl sites for hydroxylation is 1. The molecule has 0 fully saturated rings. The van der Waals surface area contributed by atoms with Crippen LogP contribution in [0.15, 0.2) is 36.5 Å². The van der Waals surface area contributed by atoms with Crippen LogP contribution in [0.1, 0.15) is 11.3 Å². The Hall–Kier alpha value is -1.95. The largest absolute Gasteiger partial charge is 0.435 e. The second-order valence-corrected chi connectivity index (χ2v) is 4.11. The van der Waals surface area contributed by atoms with Gasteiger partial charge in [-0.2, -0.15) is 13.9 Å². The first-order valence-electron chi connectivity index (χ1n) is 5.86. The van der Waals surface area contributed by atoms with Crippen molar-refractivity contribution < 1.29 is 13.5 Å². The molecule has 0 amide bonds. The van der Waals surface area contributed by atoms with E-state index in [0.29, 0.717) is 13.1 Å². The lowest BCUT2D eigenvalue weighted by molar-refractivity contribution is -0.0498. The van der Waals surface area contributed by atoms with Gasteiger partial charge in [0.15, 0.2) is 0 Å². The van der Waals surface area contributed by atoms with Crippen LogP contribution >= 0.6 is 0 Å². The van der Waals surface area contributed by atoms with E-state index in [4.69, 9.17) is 0 Å². The minimum atomic E-state index is -2.78. The van der Waals surface area contributed by atoms with Crippen LogP contribution in [0, 0.1) is 0 Å². The Morgan fingerprint density at radius 3 is 2.53 bits per heavy atom. The molecule has 2 aromatic rings. The molecule has 0 aliphatic rings. The molecule has 0 saturated heterocycles. The molecule has 0 aliphatic heterocycles. The van der Waals surface area contributed by atoms with Gasteiger partial charge in [0.05, 0.1) is 5.69 Å². The van der Waals surface area contributed by atoms with Crippen molar-refractivity contribution in [3.05, 3.63) is 47.8 Å². The van der Waals surface area contributed by atoms with Crippen LogP contribution in [-0.4, -0.2) is 16.4 Å². The molecule has 2 rings (SSSR count). The molecule has 1 aromatic carbocycles. The molecule has 6 heteroatoms. The highest BCUT2D eigenvalue weighted by Crippen LogP contribution is 2.14. The average Bonchev–Trinajstić information content (AvgIpc) is 2.77. The molecule has 0 unspecified atom stereocenters. The summed E-state index contributed by atoms with van der Waals surface area (Å²) in [4.78, 5) is 0. The van der Waals surface area contributed by atoms with Gasteiger partial charge in [0.25, 0.3) is 0 Å². The summed E-state index contributed by atoms with van der Waals surface area (Å²) in [6, 6.07) is 8.51. The Bertz CT molecular complexity index is 511. The van der Waals surface area contributed by atoms with Gasteiger partial charge in [0, 0.05) is 26.3 Å². The number of hydrogen-bond donors (Lipinski definition) is 1. The number of benzene rings is 1. The zero-order valence-electron chi connectivity index (χ0n) is 10.5. The Morgan fingerprint density at radius 1 is 1.21 bits per heavy atom. The summed E-state index contributed by atoms with van der Waals surface area (Å²) in [6.07, 6.45) is 1.88. The van der Waals surface area contributed by atoms with Gasteiger partial charge in [-0.05, 0) is 23.8 Å². The quantitative estimate of drug-likeness (QED) is 0.873. The molecule has 0 saturated carbocycles. The van der Waals surface area contributed by atoms with Crippen molar-refractivity contribution in [2.24, 2.45) is 7.05 Å². The molecular weight excluding hydrogens is 252 g/mol. The molecule has 0 bridgehead atoms. The van der Waals surface area contributed by atoms with E-state index >= 15 is 0 Å². The predicted octanol–water partition coefficient (Wildman–Crippen LogP) is 2.31. The molecule has 102 valence electrons. The number of alkyl halides is 2. The molecule has 0 spiro atoms. The van der Waals surface area contributed by atoms with Crippen LogP contribution in [0.2, 0.25) is 0 Å². The number of rotatable bonds is 6. The number of halogens is 2. The molecule has 1 heterocycles. The summed E-state index contributed by atoms with van der Waals surface area (Å²) in [7, 11) is 1.87.